The lowest BCUT2D eigenvalue weighted by Gasteiger charge is -2.38. The second kappa shape index (κ2) is 4.50. The maximum atomic E-state index is 10.6. The molecule has 0 amide bonds. The van der Waals surface area contributed by atoms with Gasteiger partial charge in [-0.3, -0.25) is 0 Å². The Labute approximate surface area is 98.4 Å². The van der Waals surface area contributed by atoms with Gasteiger partial charge in [-0.25, -0.2) is 0 Å². The second-order valence-electron chi connectivity index (χ2n) is 5.78. The Kier molecular flexibility index (Phi) is 3.41. The molecule has 0 radical (unpaired) electrons. The van der Waals surface area contributed by atoms with Crippen LogP contribution in [0, 0.1) is 23.7 Å². The van der Waals surface area contributed by atoms with Crippen molar-refractivity contribution >= 4 is 0 Å². The van der Waals surface area contributed by atoms with Gasteiger partial charge in [0.1, 0.15) is 0 Å². The minimum absolute atomic E-state index is 0.221. The molecule has 2 bridgehead atoms. The number of hydrogen-bond acceptors (Lipinski definition) is 2. The molecule has 1 fully saturated rings. The van der Waals surface area contributed by atoms with Crippen LogP contribution in [0.1, 0.15) is 39.5 Å². The van der Waals surface area contributed by atoms with Gasteiger partial charge in [0.05, 0.1) is 5.60 Å². The van der Waals surface area contributed by atoms with Gasteiger partial charge in [0, 0.05) is 6.61 Å². The van der Waals surface area contributed by atoms with E-state index in [0.29, 0.717) is 11.8 Å². The highest BCUT2D eigenvalue weighted by atomic mass is 16.3. The molecule has 0 aromatic carbocycles. The fraction of sp³-hybridized carbons (Fsp3) is 0.857. The first-order valence-electron chi connectivity index (χ1n) is 6.61. The van der Waals surface area contributed by atoms with E-state index in [-0.39, 0.29) is 18.4 Å². The van der Waals surface area contributed by atoms with Gasteiger partial charge in [0.2, 0.25) is 0 Å². The maximum Gasteiger partial charge on any atom is 0.0657 e. The van der Waals surface area contributed by atoms with E-state index in [0.717, 1.165) is 25.7 Å². The van der Waals surface area contributed by atoms with Crippen molar-refractivity contribution in [1.82, 2.24) is 0 Å². The fourth-order valence-corrected chi connectivity index (χ4v) is 3.80. The monoisotopic (exact) mass is 224 g/mol. The molecule has 0 aromatic heterocycles. The summed E-state index contributed by atoms with van der Waals surface area (Å²) in [5.74, 6) is 1.54. The van der Waals surface area contributed by atoms with Gasteiger partial charge >= 0.3 is 0 Å². The lowest BCUT2D eigenvalue weighted by Crippen LogP contribution is -2.42. The number of fused-ring (bicyclic) bond motifs is 2. The predicted molar refractivity (Wildman–Crippen MR) is 65.0 cm³/mol. The summed E-state index contributed by atoms with van der Waals surface area (Å²) < 4.78 is 0. The molecule has 2 heteroatoms. The minimum atomic E-state index is -0.604. The van der Waals surface area contributed by atoms with Crippen LogP contribution in [0.3, 0.4) is 0 Å². The van der Waals surface area contributed by atoms with Crippen LogP contribution in [-0.4, -0.2) is 22.4 Å². The van der Waals surface area contributed by atoms with Crippen molar-refractivity contribution in [2.45, 2.75) is 45.1 Å². The molecule has 5 atom stereocenters. The van der Waals surface area contributed by atoms with Gasteiger partial charge in [0.15, 0.2) is 0 Å². The first-order chi connectivity index (χ1) is 7.60. The van der Waals surface area contributed by atoms with Crippen LogP contribution in [-0.2, 0) is 0 Å². The molecule has 0 unspecified atom stereocenters. The van der Waals surface area contributed by atoms with E-state index in [9.17, 15) is 10.2 Å². The highest BCUT2D eigenvalue weighted by Gasteiger charge is 2.51. The summed E-state index contributed by atoms with van der Waals surface area (Å²) in [4.78, 5) is 0. The van der Waals surface area contributed by atoms with E-state index < -0.39 is 5.60 Å². The summed E-state index contributed by atoms with van der Waals surface area (Å²) >= 11 is 0. The molecule has 2 aliphatic carbocycles. The van der Waals surface area contributed by atoms with Crippen LogP contribution < -0.4 is 0 Å². The molecule has 0 aliphatic heterocycles. The summed E-state index contributed by atoms with van der Waals surface area (Å²) in [5, 5.41) is 20.1. The van der Waals surface area contributed by atoms with Crippen molar-refractivity contribution < 1.29 is 10.2 Å². The SMILES string of the molecule is CCCC[C@@](C)(O)[C@H]1[C@@H](CO)[C@H]2C=C[C@@H]1C2. The average molecular weight is 224 g/mol. The van der Waals surface area contributed by atoms with E-state index >= 15 is 0 Å². The van der Waals surface area contributed by atoms with Crippen molar-refractivity contribution in [3.05, 3.63) is 12.2 Å². The molecule has 2 rings (SSSR count). The van der Waals surface area contributed by atoms with Gasteiger partial charge in [-0.1, -0.05) is 31.9 Å². The molecule has 16 heavy (non-hydrogen) atoms. The highest BCUT2D eigenvalue weighted by Crippen LogP contribution is 2.52. The van der Waals surface area contributed by atoms with Gasteiger partial charge in [0.25, 0.3) is 0 Å². The minimum Gasteiger partial charge on any atom is -0.396 e. The van der Waals surface area contributed by atoms with Crippen LogP contribution in [0.4, 0.5) is 0 Å². The van der Waals surface area contributed by atoms with E-state index in [4.69, 9.17) is 0 Å². The predicted octanol–water partition coefficient (Wildman–Crippen LogP) is 2.36. The Bertz CT molecular complexity index is 270. The number of allylic oxidation sites excluding steroid dienone is 2. The zero-order valence-corrected chi connectivity index (χ0v) is 10.4. The number of aliphatic hydroxyl groups excluding tert-OH is 1. The van der Waals surface area contributed by atoms with Crippen LogP contribution in [0.5, 0.6) is 0 Å². The number of hydrogen-bond donors (Lipinski definition) is 2. The lowest BCUT2D eigenvalue weighted by atomic mass is 9.71. The van der Waals surface area contributed by atoms with Crippen LogP contribution in [0.15, 0.2) is 12.2 Å². The largest absolute Gasteiger partial charge is 0.396 e. The Morgan fingerprint density at radius 3 is 2.62 bits per heavy atom. The normalized spacial score (nSPS) is 40.2. The summed E-state index contributed by atoms with van der Waals surface area (Å²) in [5.41, 5.74) is -0.604. The standard InChI is InChI=1S/C14H24O2/c1-3-4-7-14(2,16)13-11-6-5-10(8-11)12(13)9-15/h5-6,10-13,15-16H,3-4,7-9H2,1-2H3/t10-,11+,12-,13+,14+/m0/s1. The van der Waals surface area contributed by atoms with E-state index in [1.807, 2.05) is 6.92 Å². The van der Waals surface area contributed by atoms with Gasteiger partial charge < -0.3 is 10.2 Å². The van der Waals surface area contributed by atoms with Crippen molar-refractivity contribution in [2.75, 3.05) is 6.61 Å². The highest BCUT2D eigenvalue weighted by molar-refractivity contribution is 5.16. The Morgan fingerprint density at radius 2 is 2.00 bits per heavy atom. The molecule has 0 aromatic rings. The van der Waals surface area contributed by atoms with Crippen LogP contribution >= 0.6 is 0 Å². The lowest BCUT2D eigenvalue weighted by molar-refractivity contribution is -0.0509. The Morgan fingerprint density at radius 1 is 1.31 bits per heavy atom. The molecule has 0 saturated heterocycles. The summed E-state index contributed by atoms with van der Waals surface area (Å²) in [6, 6.07) is 0. The molecule has 92 valence electrons. The van der Waals surface area contributed by atoms with E-state index in [1.54, 1.807) is 0 Å². The third kappa shape index (κ3) is 1.93. The molecule has 0 heterocycles. The van der Waals surface area contributed by atoms with Crippen molar-refractivity contribution in [2.24, 2.45) is 23.7 Å². The third-order valence-corrected chi connectivity index (χ3v) is 4.59. The topological polar surface area (TPSA) is 40.5 Å². The first kappa shape index (κ1) is 12.1. The first-order valence-corrected chi connectivity index (χ1v) is 6.61. The molecule has 2 nitrogen and oxygen atoms in total. The van der Waals surface area contributed by atoms with Gasteiger partial charge in [-0.05, 0) is 43.4 Å². The zero-order valence-electron chi connectivity index (χ0n) is 10.4. The number of aliphatic hydroxyl groups is 2. The molecular weight excluding hydrogens is 200 g/mol. The van der Waals surface area contributed by atoms with Crippen LogP contribution in [0.25, 0.3) is 0 Å². The molecular formula is C14H24O2. The van der Waals surface area contributed by atoms with E-state index in [1.165, 1.54) is 0 Å². The summed E-state index contributed by atoms with van der Waals surface area (Å²) in [7, 11) is 0. The number of unbranched alkanes of at least 4 members (excludes halogenated alkanes) is 1. The van der Waals surface area contributed by atoms with Crippen molar-refractivity contribution in [3.63, 3.8) is 0 Å². The van der Waals surface area contributed by atoms with Crippen molar-refractivity contribution in [3.8, 4) is 0 Å². The third-order valence-electron chi connectivity index (χ3n) is 4.59. The van der Waals surface area contributed by atoms with E-state index in [2.05, 4.69) is 19.1 Å². The van der Waals surface area contributed by atoms with Crippen LogP contribution in [0.2, 0.25) is 0 Å². The summed E-state index contributed by atoms with van der Waals surface area (Å²) in [6.45, 7) is 4.34. The van der Waals surface area contributed by atoms with Crippen molar-refractivity contribution in [1.29, 1.82) is 0 Å². The molecule has 2 aliphatic rings. The van der Waals surface area contributed by atoms with Gasteiger partial charge in [-0.15, -0.1) is 0 Å². The smallest absolute Gasteiger partial charge is 0.0657 e. The second-order valence-corrected chi connectivity index (χ2v) is 5.78. The Balaban J connectivity index is 2.10. The fourth-order valence-electron chi connectivity index (χ4n) is 3.80. The molecule has 0 spiro atoms. The summed E-state index contributed by atoms with van der Waals surface area (Å²) in [6.07, 6.45) is 8.68. The molecule has 1 saturated carbocycles. The quantitative estimate of drug-likeness (QED) is 0.704. The zero-order chi connectivity index (χ0) is 11.8. The maximum absolute atomic E-state index is 10.6. The average Bonchev–Trinajstić information content (AvgIpc) is 2.85. The number of rotatable bonds is 5. The molecule has 2 N–H and O–H groups in total. The van der Waals surface area contributed by atoms with Gasteiger partial charge in [-0.2, -0.15) is 0 Å². The Hall–Kier alpha value is -0.340.